The van der Waals surface area contributed by atoms with Crippen LogP contribution in [0.4, 0.5) is 0 Å². The molecule has 1 rings (SSSR count). The topological polar surface area (TPSA) is 103 Å². The fraction of sp³-hybridized carbons (Fsp3) is 0.500. The highest BCUT2D eigenvalue weighted by Gasteiger charge is 2.31. The molecule has 0 spiro atoms. The Morgan fingerprint density at radius 3 is 2.76 bits per heavy atom. The molecule has 8 nitrogen and oxygen atoms in total. The number of aliphatic imine (C=N–C) groups is 1. The van der Waals surface area contributed by atoms with Crippen LogP contribution in [0.2, 0.25) is 0 Å². The van der Waals surface area contributed by atoms with Gasteiger partial charge in [0.2, 0.25) is 11.7 Å². The summed E-state index contributed by atoms with van der Waals surface area (Å²) in [5.41, 5.74) is 9.66. The van der Waals surface area contributed by atoms with Crippen LogP contribution in [0.1, 0.15) is 13.3 Å². The maximum atomic E-state index is 11.4. The minimum Gasteiger partial charge on any atom is -0.295 e. The third kappa shape index (κ3) is 2.82. The van der Waals surface area contributed by atoms with Crippen LogP contribution in [0.5, 0.6) is 0 Å². The van der Waals surface area contributed by atoms with Crippen LogP contribution in [0.3, 0.4) is 0 Å². The van der Waals surface area contributed by atoms with Gasteiger partial charge in [-0.05, 0) is 0 Å². The minimum absolute atomic E-state index is 0.119. The van der Waals surface area contributed by atoms with Crippen molar-refractivity contribution < 1.29 is 9.59 Å². The molecule has 9 heteroatoms. The summed E-state index contributed by atoms with van der Waals surface area (Å²) >= 11 is 4.78. The molecule has 4 N–H and O–H groups in total. The number of ketones is 1. The van der Waals surface area contributed by atoms with Gasteiger partial charge < -0.3 is 0 Å². The molecule has 17 heavy (non-hydrogen) atoms. The van der Waals surface area contributed by atoms with Gasteiger partial charge in [-0.1, -0.05) is 19.1 Å². The quantitative estimate of drug-likeness (QED) is 0.408. The van der Waals surface area contributed by atoms with Gasteiger partial charge in [-0.15, -0.1) is 5.12 Å². The van der Waals surface area contributed by atoms with E-state index in [1.165, 1.54) is 15.6 Å². The summed E-state index contributed by atoms with van der Waals surface area (Å²) < 4.78 is 0. The zero-order chi connectivity index (χ0) is 13.0. The molecule has 1 unspecified atom stereocenters. The summed E-state index contributed by atoms with van der Waals surface area (Å²) in [6.45, 7) is 1.60. The van der Waals surface area contributed by atoms with Crippen LogP contribution < -0.4 is 16.5 Å². The molecule has 1 heterocycles. The minimum atomic E-state index is -0.738. The zero-order valence-electron chi connectivity index (χ0n) is 9.51. The van der Waals surface area contributed by atoms with Crippen molar-refractivity contribution in [1.29, 1.82) is 0 Å². The zero-order valence-corrected chi connectivity index (χ0v) is 10.3. The van der Waals surface area contributed by atoms with Gasteiger partial charge in [0.25, 0.3) is 5.91 Å². The predicted octanol–water partition coefficient (Wildman–Crippen LogP) is -1.70. The van der Waals surface area contributed by atoms with Crippen molar-refractivity contribution in [2.45, 2.75) is 19.6 Å². The Balaban J connectivity index is 2.77. The Hall–Kier alpha value is -1.42. The first-order chi connectivity index (χ1) is 8.04. The highest BCUT2D eigenvalue weighted by atomic mass is 32.1. The van der Waals surface area contributed by atoms with Crippen molar-refractivity contribution in [3.05, 3.63) is 0 Å². The van der Waals surface area contributed by atoms with Crippen LogP contribution >= 0.6 is 12.2 Å². The van der Waals surface area contributed by atoms with Crippen molar-refractivity contribution in [2.75, 3.05) is 7.05 Å². The van der Waals surface area contributed by atoms with Crippen LogP contribution in [0.15, 0.2) is 4.99 Å². The molecule has 1 aliphatic heterocycles. The number of hydrazine groups is 2. The lowest BCUT2D eigenvalue weighted by Crippen LogP contribution is -2.56. The first-order valence-electron chi connectivity index (χ1n) is 4.93. The number of carbonyl (C=O) groups excluding carboxylic acids is 2. The molecule has 0 saturated heterocycles. The van der Waals surface area contributed by atoms with E-state index in [4.69, 9.17) is 18.0 Å². The maximum Gasteiger partial charge on any atom is 0.294 e. The fourth-order valence-corrected chi connectivity index (χ4v) is 1.43. The largest absolute Gasteiger partial charge is 0.295 e. The van der Waals surface area contributed by atoms with E-state index in [2.05, 4.69) is 15.7 Å². The summed E-state index contributed by atoms with van der Waals surface area (Å²) in [7, 11) is 1.63. The number of hydrogen-bond acceptors (Lipinski definition) is 7. The van der Waals surface area contributed by atoms with E-state index in [9.17, 15) is 9.59 Å². The van der Waals surface area contributed by atoms with Crippen LogP contribution in [-0.2, 0) is 9.59 Å². The lowest BCUT2D eigenvalue weighted by Gasteiger charge is -2.26. The van der Waals surface area contributed by atoms with E-state index in [0.717, 1.165) is 0 Å². The number of nitrogens with one attached hydrogen (secondary N) is 2. The Labute approximate surface area is 104 Å². The third-order valence-corrected chi connectivity index (χ3v) is 2.28. The van der Waals surface area contributed by atoms with Gasteiger partial charge in [-0.3, -0.25) is 20.6 Å². The van der Waals surface area contributed by atoms with Crippen molar-refractivity contribution in [1.82, 2.24) is 20.9 Å². The first-order valence-corrected chi connectivity index (χ1v) is 5.40. The van der Waals surface area contributed by atoms with Gasteiger partial charge in [0.15, 0.2) is 6.29 Å². The van der Waals surface area contributed by atoms with E-state index in [-0.39, 0.29) is 12.4 Å². The summed E-state index contributed by atoms with van der Waals surface area (Å²) in [6.07, 6.45) is -0.593. The van der Waals surface area contributed by atoms with Crippen molar-refractivity contribution in [2.24, 2.45) is 10.7 Å². The SMILES string of the molecule is CCC(=O)C(=O)NC1=NC(N)N(NC)N1C=S. The monoisotopic (exact) mass is 258 g/mol. The average Bonchev–Trinajstić information content (AvgIpc) is 2.62. The number of amides is 1. The second-order valence-corrected chi connectivity index (χ2v) is 3.33. The number of thiocarbonyl (C=S) groups is 1. The molecule has 0 radical (unpaired) electrons. The lowest BCUT2D eigenvalue weighted by molar-refractivity contribution is -0.137. The second kappa shape index (κ2) is 5.77. The standard InChI is InChI=1S/C8H14N6O2S/c1-3-5(15)6(16)11-8-12-7(9)14(10-2)13(8)4-17/h4,7,10H,3,9H2,1-2H3,(H,11,12,16). The van der Waals surface area contributed by atoms with Gasteiger partial charge in [0, 0.05) is 13.5 Å². The molecular formula is C8H14N6O2S. The molecular weight excluding hydrogens is 244 g/mol. The van der Waals surface area contributed by atoms with Crippen molar-refractivity contribution in [3.8, 4) is 0 Å². The molecule has 1 aliphatic rings. The fourth-order valence-electron chi connectivity index (χ4n) is 1.23. The van der Waals surface area contributed by atoms with Gasteiger partial charge in [-0.25, -0.2) is 15.4 Å². The van der Waals surface area contributed by atoms with E-state index in [1.54, 1.807) is 14.0 Å². The smallest absolute Gasteiger partial charge is 0.294 e. The normalized spacial score (nSPS) is 20.1. The van der Waals surface area contributed by atoms with Gasteiger partial charge in [0.1, 0.15) is 0 Å². The summed E-state index contributed by atoms with van der Waals surface area (Å²) in [6, 6.07) is 0. The third-order valence-electron chi connectivity index (χ3n) is 2.08. The molecule has 0 aromatic carbocycles. The van der Waals surface area contributed by atoms with Crippen LogP contribution in [0, 0.1) is 0 Å². The molecule has 0 fully saturated rings. The van der Waals surface area contributed by atoms with E-state index < -0.39 is 18.0 Å². The Morgan fingerprint density at radius 1 is 1.65 bits per heavy atom. The van der Waals surface area contributed by atoms with Gasteiger partial charge >= 0.3 is 0 Å². The first kappa shape index (κ1) is 13.6. The molecule has 0 aromatic heterocycles. The Morgan fingerprint density at radius 2 is 2.29 bits per heavy atom. The number of nitrogens with two attached hydrogens (primary N) is 1. The molecule has 0 aromatic rings. The number of Topliss-reactive ketones (excluding diaryl/α,β-unsaturated/α-hetero) is 1. The van der Waals surface area contributed by atoms with Crippen LogP contribution in [0.25, 0.3) is 0 Å². The number of nitrogens with zero attached hydrogens (tertiary/aromatic N) is 3. The summed E-state index contributed by atoms with van der Waals surface area (Å²) in [4.78, 5) is 26.5. The molecule has 0 bridgehead atoms. The Bertz CT molecular complexity index is 371. The van der Waals surface area contributed by atoms with E-state index >= 15 is 0 Å². The van der Waals surface area contributed by atoms with Crippen molar-refractivity contribution >= 4 is 35.4 Å². The second-order valence-electron chi connectivity index (χ2n) is 3.12. The van der Waals surface area contributed by atoms with Gasteiger partial charge in [0.05, 0.1) is 5.49 Å². The Kier molecular flexibility index (Phi) is 4.63. The number of rotatable bonds is 4. The molecule has 1 amide bonds. The molecule has 0 saturated carbocycles. The van der Waals surface area contributed by atoms with Gasteiger partial charge in [-0.2, -0.15) is 0 Å². The number of guanidine groups is 1. The molecule has 0 aliphatic carbocycles. The number of hydrogen-bond donors (Lipinski definition) is 3. The molecule has 1 atom stereocenters. The summed E-state index contributed by atoms with van der Waals surface area (Å²) in [5, 5.41) is 5.09. The average molecular weight is 258 g/mol. The predicted molar refractivity (Wildman–Crippen MR) is 65.2 cm³/mol. The van der Waals surface area contributed by atoms with E-state index in [1.807, 2.05) is 0 Å². The molecule has 94 valence electrons. The van der Waals surface area contributed by atoms with Crippen molar-refractivity contribution in [3.63, 3.8) is 0 Å². The highest BCUT2D eigenvalue weighted by Crippen LogP contribution is 2.06. The maximum absolute atomic E-state index is 11.4. The van der Waals surface area contributed by atoms with E-state index in [0.29, 0.717) is 0 Å². The number of carbonyl (C=O) groups is 2. The van der Waals surface area contributed by atoms with Crippen LogP contribution in [-0.4, -0.2) is 46.6 Å². The highest BCUT2D eigenvalue weighted by molar-refractivity contribution is 7.78. The summed E-state index contributed by atoms with van der Waals surface area (Å²) in [5.74, 6) is -1.15. The lowest BCUT2D eigenvalue weighted by atomic mass is 10.3.